The van der Waals surface area contributed by atoms with Crippen LogP contribution in [0.2, 0.25) is 0 Å². The van der Waals surface area contributed by atoms with Crippen molar-refractivity contribution >= 4 is 45.0 Å². The number of amides is 1. The van der Waals surface area contributed by atoms with Crippen LogP contribution in [0.4, 0.5) is 17.5 Å². The zero-order valence-electron chi connectivity index (χ0n) is 9.51. The standard InChI is InChI=1S/C9H9BrN8O/c10-3-1-4(18-17-3)16-9(19)6(11)5-7(12)14-2-15-8(5)13/h1-2,11H,(H4,12,13,14,15)(H2,16,17,18,19)/p+1. The summed E-state index contributed by atoms with van der Waals surface area (Å²) in [5.74, 6) is -0.243. The molecule has 2 heterocycles. The monoisotopic (exact) mass is 325 g/mol. The Hall–Kier alpha value is -2.49. The molecule has 0 aromatic carbocycles. The number of anilines is 3. The van der Waals surface area contributed by atoms with Gasteiger partial charge in [0, 0.05) is 6.07 Å². The summed E-state index contributed by atoms with van der Waals surface area (Å²) in [4.78, 5) is 19.4. The number of nitrogen functional groups attached to an aromatic ring is 2. The highest BCUT2D eigenvalue weighted by Gasteiger charge is 2.25. The summed E-state index contributed by atoms with van der Waals surface area (Å²) in [6.07, 6.45) is 1.18. The summed E-state index contributed by atoms with van der Waals surface area (Å²) in [6, 6.07) is 1.57. The molecule has 0 aliphatic rings. The van der Waals surface area contributed by atoms with Gasteiger partial charge in [-0.25, -0.2) is 15.4 Å². The van der Waals surface area contributed by atoms with Gasteiger partial charge in [0.05, 0.1) is 0 Å². The summed E-state index contributed by atoms with van der Waals surface area (Å²) in [5, 5.41) is 14.6. The number of nitrogens with one attached hydrogen (secondary N) is 2. The lowest BCUT2D eigenvalue weighted by Gasteiger charge is -2.04. The summed E-state index contributed by atoms with van der Waals surface area (Å²) >= 11 is 3.16. The normalized spacial score (nSPS) is 10.2. The summed E-state index contributed by atoms with van der Waals surface area (Å²) < 4.78 is 0.614. The van der Waals surface area contributed by atoms with E-state index in [0.29, 0.717) is 10.4 Å². The zero-order chi connectivity index (χ0) is 14.0. The molecule has 0 saturated carbocycles. The van der Waals surface area contributed by atoms with Crippen molar-refractivity contribution in [2.75, 3.05) is 16.8 Å². The molecule has 0 aliphatic carbocycles. The molecule has 2 rings (SSSR count). The highest BCUT2D eigenvalue weighted by Crippen LogP contribution is 2.15. The molecule has 9 nitrogen and oxygen atoms in total. The SMILES string of the molecule is Nc1ncnc(N)c1C(=[NH2+])C(=O)Nc1cc(Br)[nH]n1. The molecule has 8 N–H and O–H groups in total. The molecule has 2 aromatic rings. The highest BCUT2D eigenvalue weighted by atomic mass is 79.9. The first-order valence-corrected chi connectivity index (χ1v) is 5.79. The van der Waals surface area contributed by atoms with E-state index >= 15 is 0 Å². The number of nitrogens with zero attached hydrogens (tertiary/aromatic N) is 3. The van der Waals surface area contributed by atoms with Crippen LogP contribution >= 0.6 is 15.9 Å². The van der Waals surface area contributed by atoms with E-state index in [1.54, 1.807) is 6.07 Å². The number of aromatic amines is 1. The largest absolute Gasteiger partial charge is 0.383 e. The lowest BCUT2D eigenvalue weighted by Crippen LogP contribution is -2.48. The smallest absolute Gasteiger partial charge is 0.321 e. The molecule has 0 fully saturated rings. The summed E-state index contributed by atoms with van der Waals surface area (Å²) in [6.45, 7) is 0. The second-order valence-corrected chi connectivity index (χ2v) is 4.34. The van der Waals surface area contributed by atoms with Gasteiger partial charge in [-0.05, 0) is 15.9 Å². The molecule has 0 spiro atoms. The number of aromatic nitrogens is 4. The first-order chi connectivity index (χ1) is 8.99. The molecule has 0 bridgehead atoms. The third-order valence-corrected chi connectivity index (χ3v) is 2.61. The van der Waals surface area contributed by atoms with E-state index in [2.05, 4.69) is 41.4 Å². The zero-order valence-corrected chi connectivity index (χ0v) is 11.1. The van der Waals surface area contributed by atoms with Crippen molar-refractivity contribution in [3.8, 4) is 0 Å². The number of halogens is 1. The van der Waals surface area contributed by atoms with Gasteiger partial charge < -0.3 is 11.5 Å². The molecule has 0 unspecified atom stereocenters. The van der Waals surface area contributed by atoms with Gasteiger partial charge in [-0.1, -0.05) is 0 Å². The van der Waals surface area contributed by atoms with Gasteiger partial charge in [-0.2, -0.15) is 5.10 Å². The van der Waals surface area contributed by atoms with Gasteiger partial charge in [0.25, 0.3) is 5.71 Å². The Kier molecular flexibility index (Phi) is 3.42. The van der Waals surface area contributed by atoms with Crippen molar-refractivity contribution in [1.82, 2.24) is 20.2 Å². The minimum Gasteiger partial charge on any atom is -0.383 e. The molecule has 10 heteroatoms. The van der Waals surface area contributed by atoms with Crippen molar-refractivity contribution < 1.29 is 10.2 Å². The van der Waals surface area contributed by atoms with Crippen LogP contribution in [-0.2, 0) is 4.79 Å². The predicted octanol–water partition coefficient (Wildman–Crippen LogP) is -1.69. The Morgan fingerprint density at radius 1 is 1.37 bits per heavy atom. The van der Waals surface area contributed by atoms with E-state index in [0.717, 1.165) is 0 Å². The quantitative estimate of drug-likeness (QED) is 0.423. The Morgan fingerprint density at radius 3 is 2.53 bits per heavy atom. The van der Waals surface area contributed by atoms with Crippen molar-refractivity contribution in [3.63, 3.8) is 0 Å². The fourth-order valence-corrected chi connectivity index (χ4v) is 1.65. The minimum atomic E-state index is -0.604. The van der Waals surface area contributed by atoms with E-state index in [9.17, 15) is 4.79 Å². The fourth-order valence-electron chi connectivity index (χ4n) is 1.35. The molecule has 19 heavy (non-hydrogen) atoms. The molecule has 0 aliphatic heterocycles. The molecule has 2 aromatic heterocycles. The van der Waals surface area contributed by atoms with Crippen LogP contribution in [0.5, 0.6) is 0 Å². The highest BCUT2D eigenvalue weighted by molar-refractivity contribution is 9.10. The first-order valence-electron chi connectivity index (χ1n) is 5.00. The first kappa shape index (κ1) is 13.0. The van der Waals surface area contributed by atoms with Crippen LogP contribution in [-0.4, -0.2) is 31.8 Å². The average molecular weight is 326 g/mol. The maximum Gasteiger partial charge on any atom is 0.321 e. The van der Waals surface area contributed by atoms with E-state index < -0.39 is 5.91 Å². The number of carbonyl (C=O) groups is 1. The molecule has 0 atom stereocenters. The second kappa shape index (κ2) is 5.02. The van der Waals surface area contributed by atoms with E-state index in [1.165, 1.54) is 6.33 Å². The number of nitrogens with two attached hydrogens (primary N) is 3. The lowest BCUT2D eigenvalue weighted by atomic mass is 10.1. The molecule has 0 radical (unpaired) electrons. The molecule has 1 amide bonds. The summed E-state index contributed by atoms with van der Waals surface area (Å²) in [7, 11) is 0. The number of rotatable bonds is 3. The van der Waals surface area contributed by atoms with Crippen LogP contribution in [0.15, 0.2) is 17.0 Å². The van der Waals surface area contributed by atoms with Crippen LogP contribution in [0.25, 0.3) is 0 Å². The van der Waals surface area contributed by atoms with Crippen LogP contribution in [0, 0.1) is 0 Å². The third-order valence-electron chi connectivity index (χ3n) is 2.21. The van der Waals surface area contributed by atoms with Gasteiger partial charge in [-0.15, -0.1) is 0 Å². The van der Waals surface area contributed by atoms with Gasteiger partial charge in [0.1, 0.15) is 28.1 Å². The lowest BCUT2D eigenvalue weighted by molar-refractivity contribution is -0.132. The third kappa shape index (κ3) is 2.68. The summed E-state index contributed by atoms with van der Waals surface area (Å²) in [5.41, 5.74) is 11.2. The maximum atomic E-state index is 11.9. The van der Waals surface area contributed by atoms with Crippen molar-refractivity contribution in [1.29, 1.82) is 0 Å². The Balaban J connectivity index is 2.22. The molecule has 98 valence electrons. The van der Waals surface area contributed by atoms with Crippen LogP contribution in [0.3, 0.4) is 0 Å². The number of carbonyl (C=O) groups excluding carboxylic acids is 1. The number of H-pyrrole nitrogens is 1. The van der Waals surface area contributed by atoms with Gasteiger partial charge in [-0.3, -0.25) is 15.2 Å². The maximum absolute atomic E-state index is 11.9. The average Bonchev–Trinajstić information content (AvgIpc) is 2.74. The van der Waals surface area contributed by atoms with E-state index in [-0.39, 0.29) is 22.9 Å². The predicted molar refractivity (Wildman–Crippen MR) is 71.8 cm³/mol. The van der Waals surface area contributed by atoms with Crippen LogP contribution in [0.1, 0.15) is 5.56 Å². The Labute approximate surface area is 115 Å². The number of hydrogen-bond acceptors (Lipinski definition) is 6. The Morgan fingerprint density at radius 2 is 2.00 bits per heavy atom. The minimum absolute atomic E-state index is 0.0309. The van der Waals surface area contributed by atoms with E-state index in [4.69, 9.17) is 16.9 Å². The fraction of sp³-hybridized carbons (Fsp3) is 0. The molecular formula is C9H10BrN8O+. The van der Waals surface area contributed by atoms with Gasteiger partial charge in [0.15, 0.2) is 5.82 Å². The topological polar surface area (TPSA) is 161 Å². The van der Waals surface area contributed by atoms with Crippen molar-refractivity contribution in [3.05, 3.63) is 22.6 Å². The van der Waals surface area contributed by atoms with Gasteiger partial charge in [0.2, 0.25) is 0 Å². The number of hydrogen-bond donors (Lipinski definition) is 5. The van der Waals surface area contributed by atoms with E-state index in [1.807, 2.05) is 0 Å². The molecular weight excluding hydrogens is 316 g/mol. The van der Waals surface area contributed by atoms with Crippen molar-refractivity contribution in [2.24, 2.45) is 0 Å². The second-order valence-electron chi connectivity index (χ2n) is 3.49. The van der Waals surface area contributed by atoms with Crippen LogP contribution < -0.4 is 22.2 Å². The Bertz CT molecular complexity index is 631. The van der Waals surface area contributed by atoms with Gasteiger partial charge >= 0.3 is 5.91 Å². The molecule has 0 saturated heterocycles. The van der Waals surface area contributed by atoms with Crippen molar-refractivity contribution in [2.45, 2.75) is 0 Å².